The van der Waals surface area contributed by atoms with Crippen LogP contribution in [-0.4, -0.2) is 25.4 Å². The van der Waals surface area contributed by atoms with E-state index in [2.05, 4.69) is 5.32 Å². The Bertz CT molecular complexity index is 368. The van der Waals surface area contributed by atoms with E-state index in [-0.39, 0.29) is 18.0 Å². The molecule has 16 heavy (non-hydrogen) atoms. The molecule has 0 radical (unpaired) electrons. The molecular formula is C12H16FNO2. The standard InChI is InChI=1S/C12H16FNO2/c1-8(2)15-7-10-6-14-11-4-3-9(13)5-12(11)16-10/h3-5,8,10,14H,6-7H2,1-2H3. The number of benzene rings is 1. The molecule has 1 aromatic carbocycles. The van der Waals surface area contributed by atoms with Crippen LogP contribution in [0.3, 0.4) is 0 Å². The molecule has 0 saturated heterocycles. The zero-order chi connectivity index (χ0) is 11.5. The van der Waals surface area contributed by atoms with Gasteiger partial charge in [0.1, 0.15) is 17.7 Å². The lowest BCUT2D eigenvalue weighted by Gasteiger charge is -2.27. The molecule has 0 aliphatic carbocycles. The van der Waals surface area contributed by atoms with Crippen molar-refractivity contribution in [3.63, 3.8) is 0 Å². The van der Waals surface area contributed by atoms with E-state index in [1.54, 1.807) is 6.07 Å². The molecule has 1 unspecified atom stereocenters. The molecule has 0 fully saturated rings. The van der Waals surface area contributed by atoms with Crippen LogP contribution in [0.15, 0.2) is 18.2 Å². The van der Waals surface area contributed by atoms with Gasteiger partial charge in [0.05, 0.1) is 24.9 Å². The Balaban J connectivity index is 1.99. The molecule has 1 N–H and O–H groups in total. The highest BCUT2D eigenvalue weighted by Gasteiger charge is 2.20. The van der Waals surface area contributed by atoms with E-state index in [0.29, 0.717) is 18.9 Å². The van der Waals surface area contributed by atoms with Crippen molar-refractivity contribution in [1.29, 1.82) is 0 Å². The minimum Gasteiger partial charge on any atom is -0.484 e. The van der Waals surface area contributed by atoms with Crippen molar-refractivity contribution in [2.24, 2.45) is 0 Å². The first-order chi connectivity index (χ1) is 7.65. The number of hydrogen-bond acceptors (Lipinski definition) is 3. The zero-order valence-corrected chi connectivity index (χ0v) is 9.50. The fourth-order valence-electron chi connectivity index (χ4n) is 1.58. The van der Waals surface area contributed by atoms with Gasteiger partial charge in [-0.2, -0.15) is 0 Å². The van der Waals surface area contributed by atoms with Gasteiger partial charge in [0.25, 0.3) is 0 Å². The third-order valence-corrected chi connectivity index (χ3v) is 2.37. The second-order valence-corrected chi connectivity index (χ2v) is 4.14. The van der Waals surface area contributed by atoms with Gasteiger partial charge in [-0.3, -0.25) is 0 Å². The van der Waals surface area contributed by atoms with Crippen LogP contribution in [0.2, 0.25) is 0 Å². The number of fused-ring (bicyclic) bond motifs is 1. The maximum Gasteiger partial charge on any atom is 0.145 e. The topological polar surface area (TPSA) is 30.5 Å². The average Bonchev–Trinajstić information content (AvgIpc) is 2.25. The molecule has 1 aliphatic rings. The minimum atomic E-state index is -0.286. The van der Waals surface area contributed by atoms with E-state index < -0.39 is 0 Å². The Morgan fingerprint density at radius 1 is 1.56 bits per heavy atom. The SMILES string of the molecule is CC(C)OCC1CNc2ccc(F)cc2O1. The van der Waals surface area contributed by atoms with Gasteiger partial charge in [-0.05, 0) is 26.0 Å². The monoisotopic (exact) mass is 225 g/mol. The van der Waals surface area contributed by atoms with Gasteiger partial charge >= 0.3 is 0 Å². The summed E-state index contributed by atoms with van der Waals surface area (Å²) in [5.74, 6) is 0.273. The normalized spacial score (nSPS) is 18.9. The number of halogens is 1. The first kappa shape index (κ1) is 11.2. The Kier molecular flexibility index (Phi) is 3.29. The molecule has 0 bridgehead atoms. The van der Waals surface area contributed by atoms with Gasteiger partial charge in [0.15, 0.2) is 0 Å². The molecule has 88 valence electrons. The fraction of sp³-hybridized carbons (Fsp3) is 0.500. The lowest BCUT2D eigenvalue weighted by atomic mass is 10.2. The Labute approximate surface area is 94.6 Å². The number of nitrogens with one attached hydrogen (secondary N) is 1. The van der Waals surface area contributed by atoms with E-state index >= 15 is 0 Å². The van der Waals surface area contributed by atoms with Crippen molar-refractivity contribution in [3.05, 3.63) is 24.0 Å². The number of hydrogen-bond donors (Lipinski definition) is 1. The molecule has 2 rings (SSSR count). The summed E-state index contributed by atoms with van der Waals surface area (Å²) >= 11 is 0. The summed E-state index contributed by atoms with van der Waals surface area (Å²) in [6, 6.07) is 4.49. The highest BCUT2D eigenvalue weighted by molar-refractivity contribution is 5.57. The van der Waals surface area contributed by atoms with E-state index in [0.717, 1.165) is 5.69 Å². The van der Waals surface area contributed by atoms with Crippen LogP contribution < -0.4 is 10.1 Å². The predicted molar refractivity (Wildman–Crippen MR) is 60.4 cm³/mol. The third kappa shape index (κ3) is 2.64. The summed E-state index contributed by atoms with van der Waals surface area (Å²) in [4.78, 5) is 0. The van der Waals surface area contributed by atoms with Gasteiger partial charge in [0.2, 0.25) is 0 Å². The predicted octanol–water partition coefficient (Wildman–Crippen LogP) is 2.42. The summed E-state index contributed by atoms with van der Waals surface area (Å²) in [5, 5.41) is 3.19. The van der Waals surface area contributed by atoms with Crippen molar-refractivity contribution < 1.29 is 13.9 Å². The number of anilines is 1. The summed E-state index contributed by atoms with van der Waals surface area (Å²) in [6.07, 6.45) is 0.120. The Morgan fingerprint density at radius 2 is 2.38 bits per heavy atom. The second kappa shape index (κ2) is 4.70. The smallest absolute Gasteiger partial charge is 0.145 e. The van der Waals surface area contributed by atoms with Crippen molar-refractivity contribution >= 4 is 5.69 Å². The summed E-state index contributed by atoms with van der Waals surface area (Å²) in [6.45, 7) is 5.15. The van der Waals surface area contributed by atoms with E-state index in [9.17, 15) is 4.39 Å². The summed E-state index contributed by atoms with van der Waals surface area (Å²) in [5.41, 5.74) is 0.835. The Morgan fingerprint density at radius 3 is 3.12 bits per heavy atom. The molecule has 0 amide bonds. The highest BCUT2D eigenvalue weighted by atomic mass is 19.1. The van der Waals surface area contributed by atoms with Gasteiger partial charge < -0.3 is 14.8 Å². The lowest BCUT2D eigenvalue weighted by molar-refractivity contribution is 0.0189. The zero-order valence-electron chi connectivity index (χ0n) is 9.50. The molecule has 0 spiro atoms. The van der Waals surface area contributed by atoms with Crippen molar-refractivity contribution in [2.45, 2.75) is 26.1 Å². The van der Waals surface area contributed by atoms with Crippen LogP contribution in [-0.2, 0) is 4.74 Å². The maximum atomic E-state index is 13.0. The van der Waals surface area contributed by atoms with Crippen molar-refractivity contribution in [3.8, 4) is 5.75 Å². The third-order valence-electron chi connectivity index (χ3n) is 2.37. The fourth-order valence-corrected chi connectivity index (χ4v) is 1.58. The largest absolute Gasteiger partial charge is 0.484 e. The van der Waals surface area contributed by atoms with Crippen LogP contribution in [0, 0.1) is 5.82 Å². The van der Waals surface area contributed by atoms with Crippen LogP contribution in [0.1, 0.15) is 13.8 Å². The van der Waals surface area contributed by atoms with Crippen LogP contribution in [0.5, 0.6) is 5.75 Å². The molecule has 1 heterocycles. The minimum absolute atomic E-state index is 0.0586. The molecule has 3 nitrogen and oxygen atoms in total. The highest BCUT2D eigenvalue weighted by Crippen LogP contribution is 2.29. The molecule has 1 atom stereocenters. The van der Waals surface area contributed by atoms with Gasteiger partial charge in [-0.1, -0.05) is 0 Å². The first-order valence-corrected chi connectivity index (χ1v) is 5.47. The van der Waals surface area contributed by atoms with Crippen LogP contribution >= 0.6 is 0 Å². The van der Waals surface area contributed by atoms with Crippen molar-refractivity contribution in [2.75, 3.05) is 18.5 Å². The molecular weight excluding hydrogens is 209 g/mol. The first-order valence-electron chi connectivity index (χ1n) is 5.47. The molecule has 4 heteroatoms. The average molecular weight is 225 g/mol. The van der Waals surface area contributed by atoms with Gasteiger partial charge in [-0.25, -0.2) is 4.39 Å². The molecule has 0 aromatic heterocycles. The lowest BCUT2D eigenvalue weighted by Crippen LogP contribution is -2.35. The van der Waals surface area contributed by atoms with Crippen LogP contribution in [0.25, 0.3) is 0 Å². The second-order valence-electron chi connectivity index (χ2n) is 4.14. The Hall–Kier alpha value is -1.29. The van der Waals surface area contributed by atoms with Crippen LogP contribution in [0.4, 0.5) is 10.1 Å². The maximum absolute atomic E-state index is 13.0. The quantitative estimate of drug-likeness (QED) is 0.857. The van der Waals surface area contributed by atoms with Crippen molar-refractivity contribution in [1.82, 2.24) is 0 Å². The van der Waals surface area contributed by atoms with E-state index in [1.165, 1.54) is 12.1 Å². The summed E-state index contributed by atoms with van der Waals surface area (Å²) in [7, 11) is 0. The summed E-state index contributed by atoms with van der Waals surface area (Å²) < 4.78 is 24.1. The molecule has 1 aliphatic heterocycles. The molecule has 1 aromatic rings. The number of rotatable bonds is 3. The molecule has 0 saturated carbocycles. The van der Waals surface area contributed by atoms with Gasteiger partial charge in [0, 0.05) is 6.07 Å². The van der Waals surface area contributed by atoms with Gasteiger partial charge in [-0.15, -0.1) is 0 Å². The van der Waals surface area contributed by atoms with E-state index in [1.807, 2.05) is 13.8 Å². The number of ether oxygens (including phenoxy) is 2. The van der Waals surface area contributed by atoms with E-state index in [4.69, 9.17) is 9.47 Å².